The molecular weight excluding hydrogens is 486 g/mol. The molecule has 0 spiro atoms. The number of hydrogen-bond donors (Lipinski definition) is 1. The molecule has 2 aliphatic rings. The standard InChI is InChI=1S/C24H23F4N3O3S/c1-23(2)21(32)30(15-4-3-14(13-29)18(11-15)24(26,27)28)22(35)31(23)16-5-6-20(19(25)12-16)34-17-7-9-33-10-8-17/h3-6,11-12,17,21,32H,7-10H2,1-2H3. The van der Waals surface area contributed by atoms with E-state index in [9.17, 15) is 22.7 Å². The molecule has 0 aliphatic carbocycles. The number of aliphatic hydroxyl groups excluding tert-OH is 1. The van der Waals surface area contributed by atoms with Crippen molar-refractivity contribution in [3.63, 3.8) is 0 Å². The predicted molar refractivity (Wildman–Crippen MR) is 125 cm³/mol. The number of nitriles is 1. The molecule has 35 heavy (non-hydrogen) atoms. The van der Waals surface area contributed by atoms with Crippen molar-refractivity contribution in [1.29, 1.82) is 5.26 Å². The maximum Gasteiger partial charge on any atom is 0.417 e. The Kier molecular flexibility index (Phi) is 6.66. The molecule has 2 saturated heterocycles. The topological polar surface area (TPSA) is 69.0 Å². The van der Waals surface area contributed by atoms with Crippen LogP contribution in [0, 0.1) is 17.1 Å². The molecule has 0 saturated carbocycles. The number of anilines is 2. The molecule has 2 fully saturated rings. The lowest BCUT2D eigenvalue weighted by atomic mass is 10.0. The fraction of sp³-hybridized carbons (Fsp3) is 0.417. The molecule has 1 unspecified atom stereocenters. The van der Waals surface area contributed by atoms with E-state index >= 15 is 0 Å². The average molecular weight is 510 g/mol. The highest BCUT2D eigenvalue weighted by molar-refractivity contribution is 7.80. The molecule has 0 amide bonds. The van der Waals surface area contributed by atoms with Crippen LogP contribution in [0.15, 0.2) is 36.4 Å². The van der Waals surface area contributed by atoms with Crippen LogP contribution in [0.5, 0.6) is 5.75 Å². The summed E-state index contributed by atoms with van der Waals surface area (Å²) in [5, 5.41) is 20.1. The first-order valence-corrected chi connectivity index (χ1v) is 11.3. The van der Waals surface area contributed by atoms with E-state index in [4.69, 9.17) is 27.0 Å². The molecule has 2 aliphatic heterocycles. The summed E-state index contributed by atoms with van der Waals surface area (Å²) in [6.07, 6.45) is -4.99. The van der Waals surface area contributed by atoms with E-state index in [1.807, 2.05) is 0 Å². The van der Waals surface area contributed by atoms with E-state index in [-0.39, 0.29) is 22.7 Å². The van der Waals surface area contributed by atoms with Crippen LogP contribution in [-0.2, 0) is 10.9 Å². The Morgan fingerprint density at radius 2 is 1.80 bits per heavy atom. The van der Waals surface area contributed by atoms with Crippen LogP contribution in [0.1, 0.15) is 37.8 Å². The number of halogens is 4. The molecule has 186 valence electrons. The first kappa shape index (κ1) is 25.2. The van der Waals surface area contributed by atoms with Crippen molar-refractivity contribution in [1.82, 2.24) is 0 Å². The van der Waals surface area contributed by atoms with Crippen LogP contribution in [0.3, 0.4) is 0 Å². The summed E-state index contributed by atoms with van der Waals surface area (Å²) >= 11 is 5.53. The fourth-order valence-corrected chi connectivity index (χ4v) is 4.84. The largest absolute Gasteiger partial charge is 0.487 e. The summed E-state index contributed by atoms with van der Waals surface area (Å²) < 4.78 is 66.5. The summed E-state index contributed by atoms with van der Waals surface area (Å²) in [6, 6.07) is 8.90. The van der Waals surface area contributed by atoms with Gasteiger partial charge in [-0.1, -0.05) is 0 Å². The van der Waals surface area contributed by atoms with Gasteiger partial charge in [0.25, 0.3) is 0 Å². The van der Waals surface area contributed by atoms with Crippen molar-refractivity contribution in [2.75, 3.05) is 23.0 Å². The molecule has 2 aromatic carbocycles. The number of aliphatic hydroxyl groups is 1. The zero-order valence-corrected chi connectivity index (χ0v) is 19.8. The zero-order valence-electron chi connectivity index (χ0n) is 19.0. The van der Waals surface area contributed by atoms with Gasteiger partial charge in [-0.15, -0.1) is 0 Å². The molecule has 2 aromatic rings. The van der Waals surface area contributed by atoms with Gasteiger partial charge in [-0.3, -0.25) is 4.90 Å². The molecule has 1 N–H and O–H groups in total. The van der Waals surface area contributed by atoms with Gasteiger partial charge in [0, 0.05) is 30.3 Å². The average Bonchev–Trinajstić information content (AvgIpc) is 2.98. The van der Waals surface area contributed by atoms with E-state index in [2.05, 4.69) is 0 Å². The molecular formula is C24H23F4N3O3S. The number of alkyl halides is 3. The lowest BCUT2D eigenvalue weighted by Crippen LogP contribution is -2.47. The minimum atomic E-state index is -4.77. The summed E-state index contributed by atoms with van der Waals surface area (Å²) in [7, 11) is 0. The number of ether oxygens (including phenoxy) is 2. The minimum Gasteiger partial charge on any atom is -0.487 e. The first-order valence-electron chi connectivity index (χ1n) is 10.9. The second-order valence-electron chi connectivity index (χ2n) is 8.90. The number of hydrogen-bond acceptors (Lipinski definition) is 5. The normalized spacial score (nSPS) is 20.7. The minimum absolute atomic E-state index is 0.0159. The number of thiocarbonyl (C=S) groups is 1. The van der Waals surface area contributed by atoms with Gasteiger partial charge in [0.1, 0.15) is 6.10 Å². The molecule has 1 atom stereocenters. The second-order valence-corrected chi connectivity index (χ2v) is 9.26. The van der Waals surface area contributed by atoms with Crippen LogP contribution >= 0.6 is 12.2 Å². The van der Waals surface area contributed by atoms with E-state index < -0.39 is 34.9 Å². The molecule has 11 heteroatoms. The Balaban J connectivity index is 1.66. The Hall–Kier alpha value is -2.94. The smallest absolute Gasteiger partial charge is 0.417 e. The third-order valence-corrected chi connectivity index (χ3v) is 6.57. The maximum absolute atomic E-state index is 15.0. The fourth-order valence-electron chi connectivity index (χ4n) is 4.30. The van der Waals surface area contributed by atoms with Crippen molar-refractivity contribution in [3.8, 4) is 11.8 Å². The first-order chi connectivity index (χ1) is 16.4. The lowest BCUT2D eigenvalue weighted by Gasteiger charge is -2.33. The van der Waals surface area contributed by atoms with Crippen LogP contribution in [0.2, 0.25) is 0 Å². The van der Waals surface area contributed by atoms with E-state index in [1.54, 1.807) is 19.9 Å². The van der Waals surface area contributed by atoms with Gasteiger partial charge in [-0.05, 0) is 56.4 Å². The molecule has 0 bridgehead atoms. The Morgan fingerprint density at radius 3 is 2.40 bits per heavy atom. The highest BCUT2D eigenvalue weighted by Crippen LogP contribution is 2.42. The molecule has 4 rings (SSSR count). The van der Waals surface area contributed by atoms with Crippen molar-refractivity contribution < 1.29 is 32.1 Å². The molecule has 6 nitrogen and oxygen atoms in total. The lowest BCUT2D eigenvalue weighted by molar-refractivity contribution is -0.137. The SMILES string of the molecule is CC1(C)C(O)N(c2ccc(C#N)c(C(F)(F)F)c2)C(=S)N1c1ccc(OC2CCOCC2)c(F)c1. The van der Waals surface area contributed by atoms with Crippen molar-refractivity contribution in [3.05, 3.63) is 53.3 Å². The number of benzene rings is 2. The van der Waals surface area contributed by atoms with Gasteiger partial charge in [-0.2, -0.15) is 18.4 Å². The van der Waals surface area contributed by atoms with E-state index in [0.717, 1.165) is 17.0 Å². The van der Waals surface area contributed by atoms with E-state index in [1.165, 1.54) is 29.2 Å². The molecule has 0 aromatic heterocycles. The summed E-state index contributed by atoms with van der Waals surface area (Å²) in [4.78, 5) is 2.65. The van der Waals surface area contributed by atoms with Gasteiger partial charge in [0.05, 0.1) is 35.9 Å². The van der Waals surface area contributed by atoms with Crippen LogP contribution < -0.4 is 14.5 Å². The van der Waals surface area contributed by atoms with Gasteiger partial charge >= 0.3 is 6.18 Å². The van der Waals surface area contributed by atoms with E-state index in [0.29, 0.717) is 31.7 Å². The summed E-state index contributed by atoms with van der Waals surface area (Å²) in [6.45, 7) is 4.37. The summed E-state index contributed by atoms with van der Waals surface area (Å²) in [5.74, 6) is -0.554. The summed E-state index contributed by atoms with van der Waals surface area (Å²) in [5.41, 5.74) is -2.53. The third-order valence-electron chi connectivity index (χ3n) is 6.19. The second kappa shape index (κ2) is 9.26. The van der Waals surface area contributed by atoms with Crippen molar-refractivity contribution >= 4 is 28.7 Å². The van der Waals surface area contributed by atoms with Crippen molar-refractivity contribution in [2.45, 2.75) is 50.7 Å². The predicted octanol–water partition coefficient (Wildman–Crippen LogP) is 4.98. The number of rotatable bonds is 4. The third kappa shape index (κ3) is 4.66. The van der Waals surface area contributed by atoms with Gasteiger partial charge in [-0.25, -0.2) is 4.39 Å². The molecule has 0 radical (unpaired) electrons. The Labute approximate surface area is 205 Å². The highest BCUT2D eigenvalue weighted by atomic mass is 32.1. The van der Waals surface area contributed by atoms with Gasteiger partial charge < -0.3 is 19.5 Å². The number of nitrogens with zero attached hydrogens (tertiary/aromatic N) is 3. The van der Waals surface area contributed by atoms with Crippen LogP contribution in [-0.4, -0.2) is 41.3 Å². The Morgan fingerprint density at radius 1 is 1.14 bits per heavy atom. The van der Waals surface area contributed by atoms with Crippen LogP contribution in [0.25, 0.3) is 0 Å². The van der Waals surface area contributed by atoms with Crippen molar-refractivity contribution in [2.24, 2.45) is 0 Å². The van der Waals surface area contributed by atoms with Gasteiger partial charge in [0.15, 0.2) is 22.9 Å². The monoisotopic (exact) mass is 509 g/mol. The van der Waals surface area contributed by atoms with Crippen LogP contribution in [0.4, 0.5) is 28.9 Å². The Bertz CT molecular complexity index is 1180. The van der Waals surface area contributed by atoms with Gasteiger partial charge in [0.2, 0.25) is 0 Å². The highest BCUT2D eigenvalue weighted by Gasteiger charge is 2.50. The zero-order chi connectivity index (χ0) is 25.5. The molecule has 2 heterocycles. The quantitative estimate of drug-likeness (QED) is 0.461. The maximum atomic E-state index is 15.0.